The van der Waals surface area contributed by atoms with Crippen LogP contribution in [0, 0.1) is 0 Å². The maximum atomic E-state index is 11.9. The predicted molar refractivity (Wildman–Crippen MR) is 64.2 cm³/mol. The maximum Gasteiger partial charge on any atom is 0.441 e. The molecule has 0 spiro atoms. The minimum Gasteiger partial charge on any atom is -0.368 e. The number of halogens is 3. The average Bonchev–Trinajstić information content (AvgIpc) is 2.26. The van der Waals surface area contributed by atoms with E-state index in [-0.39, 0.29) is 34.8 Å². The number of rotatable bonds is 4. The Balaban J connectivity index is 2.33. The SMILES string of the molecule is CC1(C)CC(NCCSC(F)(F)F)C(C)(C)O1. The molecule has 0 amide bonds. The van der Waals surface area contributed by atoms with Gasteiger partial charge in [0.2, 0.25) is 0 Å². The summed E-state index contributed by atoms with van der Waals surface area (Å²) in [5, 5.41) is 3.15. The third-order valence-electron chi connectivity index (χ3n) is 2.83. The van der Waals surface area contributed by atoms with Crippen LogP contribution in [0.1, 0.15) is 34.1 Å². The van der Waals surface area contributed by atoms with Crippen LogP contribution in [0.4, 0.5) is 13.2 Å². The molecule has 0 aromatic rings. The largest absolute Gasteiger partial charge is 0.441 e. The summed E-state index contributed by atoms with van der Waals surface area (Å²) < 4.78 is 41.7. The third-order valence-corrected chi connectivity index (χ3v) is 3.57. The summed E-state index contributed by atoms with van der Waals surface area (Å²) in [5.74, 6) is 0.0382. The summed E-state index contributed by atoms with van der Waals surface area (Å²) in [4.78, 5) is 0. The number of nitrogens with one attached hydrogen (secondary N) is 1. The Morgan fingerprint density at radius 3 is 2.29 bits per heavy atom. The first-order valence-electron chi connectivity index (χ1n) is 5.66. The van der Waals surface area contributed by atoms with Gasteiger partial charge in [-0.1, -0.05) is 0 Å². The van der Waals surface area contributed by atoms with Crippen LogP contribution in [-0.4, -0.2) is 35.0 Å². The zero-order chi connectivity index (χ0) is 13.3. The van der Waals surface area contributed by atoms with Gasteiger partial charge in [-0.25, -0.2) is 0 Å². The summed E-state index contributed by atoms with van der Waals surface area (Å²) in [6, 6.07) is 0.103. The maximum absolute atomic E-state index is 11.9. The molecule has 1 fully saturated rings. The van der Waals surface area contributed by atoms with Gasteiger partial charge in [0.15, 0.2) is 0 Å². The van der Waals surface area contributed by atoms with Crippen LogP contribution in [-0.2, 0) is 4.74 Å². The summed E-state index contributed by atoms with van der Waals surface area (Å²) in [6.07, 6.45) is 0.816. The molecular formula is C11H20F3NOS. The highest BCUT2D eigenvalue weighted by atomic mass is 32.2. The van der Waals surface area contributed by atoms with Gasteiger partial charge in [0.25, 0.3) is 0 Å². The fourth-order valence-electron chi connectivity index (χ4n) is 2.28. The Bertz CT molecular complexity index is 266. The van der Waals surface area contributed by atoms with E-state index in [0.717, 1.165) is 6.42 Å². The smallest absolute Gasteiger partial charge is 0.368 e. The molecule has 1 N–H and O–H groups in total. The molecule has 0 bridgehead atoms. The van der Waals surface area contributed by atoms with Crippen LogP contribution < -0.4 is 5.32 Å². The molecule has 1 unspecified atom stereocenters. The zero-order valence-corrected chi connectivity index (χ0v) is 11.5. The van der Waals surface area contributed by atoms with Crippen molar-refractivity contribution in [3.63, 3.8) is 0 Å². The number of ether oxygens (including phenoxy) is 1. The van der Waals surface area contributed by atoms with Gasteiger partial charge in [0.1, 0.15) is 0 Å². The highest BCUT2D eigenvalue weighted by Crippen LogP contribution is 2.37. The Hall–Kier alpha value is 0.0600. The molecule has 0 aromatic heterocycles. The summed E-state index contributed by atoms with van der Waals surface area (Å²) in [7, 11) is 0. The van der Waals surface area contributed by atoms with E-state index >= 15 is 0 Å². The topological polar surface area (TPSA) is 21.3 Å². The van der Waals surface area contributed by atoms with Crippen molar-refractivity contribution >= 4 is 11.8 Å². The number of alkyl halides is 3. The molecule has 6 heteroatoms. The van der Waals surface area contributed by atoms with Crippen molar-refractivity contribution in [2.45, 2.75) is 56.9 Å². The zero-order valence-electron chi connectivity index (χ0n) is 10.6. The van der Waals surface area contributed by atoms with Crippen LogP contribution in [0.5, 0.6) is 0 Å². The second kappa shape index (κ2) is 4.97. The van der Waals surface area contributed by atoms with Gasteiger partial charge >= 0.3 is 5.51 Å². The van der Waals surface area contributed by atoms with E-state index in [1.165, 1.54) is 0 Å². The molecule has 0 aromatic carbocycles. The monoisotopic (exact) mass is 271 g/mol. The molecule has 1 atom stereocenters. The molecule has 0 aliphatic carbocycles. The van der Waals surface area contributed by atoms with E-state index in [1.807, 2.05) is 27.7 Å². The van der Waals surface area contributed by atoms with Crippen molar-refractivity contribution in [2.24, 2.45) is 0 Å². The Labute approximate surface area is 105 Å². The highest BCUT2D eigenvalue weighted by Gasteiger charge is 2.45. The van der Waals surface area contributed by atoms with E-state index in [9.17, 15) is 13.2 Å². The number of hydrogen-bond donors (Lipinski definition) is 1. The number of thioether (sulfide) groups is 1. The second-order valence-corrected chi connectivity index (χ2v) is 6.63. The molecule has 17 heavy (non-hydrogen) atoms. The van der Waals surface area contributed by atoms with Crippen LogP contribution in [0.25, 0.3) is 0 Å². The lowest BCUT2D eigenvalue weighted by Gasteiger charge is -2.27. The highest BCUT2D eigenvalue weighted by molar-refractivity contribution is 8.00. The molecule has 102 valence electrons. The third kappa shape index (κ3) is 5.06. The Kier molecular flexibility index (Phi) is 4.42. The summed E-state index contributed by atoms with van der Waals surface area (Å²) in [5.41, 5.74) is -4.67. The van der Waals surface area contributed by atoms with Gasteiger partial charge in [0.05, 0.1) is 11.2 Å². The average molecular weight is 271 g/mol. The number of hydrogen-bond acceptors (Lipinski definition) is 3. The van der Waals surface area contributed by atoms with Crippen molar-refractivity contribution in [3.05, 3.63) is 0 Å². The molecule has 1 heterocycles. The quantitative estimate of drug-likeness (QED) is 0.794. The fraction of sp³-hybridized carbons (Fsp3) is 1.00. The van der Waals surface area contributed by atoms with Crippen LogP contribution in [0.3, 0.4) is 0 Å². The van der Waals surface area contributed by atoms with E-state index in [4.69, 9.17) is 4.74 Å². The molecule has 1 rings (SSSR count). The molecule has 1 aliphatic heterocycles. The first kappa shape index (κ1) is 15.1. The van der Waals surface area contributed by atoms with Crippen LogP contribution in [0.15, 0.2) is 0 Å². The van der Waals surface area contributed by atoms with E-state index in [2.05, 4.69) is 5.32 Å². The normalized spacial score (nSPS) is 27.4. The van der Waals surface area contributed by atoms with Gasteiger partial charge in [-0.05, 0) is 45.9 Å². The van der Waals surface area contributed by atoms with E-state index in [0.29, 0.717) is 6.54 Å². The molecule has 0 radical (unpaired) electrons. The predicted octanol–water partition coefficient (Wildman–Crippen LogP) is 3.18. The van der Waals surface area contributed by atoms with Crippen molar-refractivity contribution in [1.29, 1.82) is 0 Å². The molecule has 2 nitrogen and oxygen atoms in total. The summed E-state index contributed by atoms with van der Waals surface area (Å²) in [6.45, 7) is 8.28. The van der Waals surface area contributed by atoms with Crippen LogP contribution in [0.2, 0.25) is 0 Å². The standard InChI is InChI=1S/C11H20F3NOS/c1-9(2)7-8(10(3,4)16-9)15-5-6-17-11(12,13)14/h8,15H,5-7H2,1-4H3. The van der Waals surface area contributed by atoms with Gasteiger partial charge in [-0.15, -0.1) is 0 Å². The van der Waals surface area contributed by atoms with Gasteiger partial charge in [-0.2, -0.15) is 13.2 Å². The lowest BCUT2D eigenvalue weighted by molar-refractivity contribution is -0.0696. The van der Waals surface area contributed by atoms with E-state index in [1.54, 1.807) is 0 Å². The first-order chi connectivity index (χ1) is 7.52. The van der Waals surface area contributed by atoms with Gasteiger partial charge in [-0.3, -0.25) is 0 Å². The summed E-state index contributed by atoms with van der Waals surface area (Å²) >= 11 is 0.0137. The molecular weight excluding hydrogens is 251 g/mol. The fourth-order valence-corrected chi connectivity index (χ4v) is 2.73. The van der Waals surface area contributed by atoms with Gasteiger partial charge in [0, 0.05) is 18.3 Å². The lowest BCUT2D eigenvalue weighted by atomic mass is 9.94. The lowest BCUT2D eigenvalue weighted by Crippen LogP contribution is -2.44. The van der Waals surface area contributed by atoms with Crippen molar-refractivity contribution in [3.8, 4) is 0 Å². The first-order valence-corrected chi connectivity index (χ1v) is 6.65. The van der Waals surface area contributed by atoms with Crippen LogP contribution >= 0.6 is 11.8 Å². The molecule has 1 aliphatic rings. The Morgan fingerprint density at radius 1 is 1.29 bits per heavy atom. The molecule has 0 saturated carbocycles. The van der Waals surface area contributed by atoms with Crippen molar-refractivity contribution < 1.29 is 17.9 Å². The molecule has 1 saturated heterocycles. The minimum absolute atomic E-state index is 0.0137. The van der Waals surface area contributed by atoms with Crippen molar-refractivity contribution in [2.75, 3.05) is 12.3 Å². The Morgan fingerprint density at radius 2 is 1.88 bits per heavy atom. The minimum atomic E-state index is -4.14. The second-order valence-electron chi connectivity index (χ2n) is 5.47. The van der Waals surface area contributed by atoms with E-state index < -0.39 is 5.51 Å². The van der Waals surface area contributed by atoms with Gasteiger partial charge < -0.3 is 10.1 Å². The van der Waals surface area contributed by atoms with Crippen molar-refractivity contribution in [1.82, 2.24) is 5.32 Å².